The number of anilines is 3. The number of alkyl halides is 1. The monoisotopic (exact) mass is 1030 g/mol. The first kappa shape index (κ1) is 50.9. The van der Waals surface area contributed by atoms with E-state index in [4.69, 9.17) is 14.5 Å². The highest BCUT2D eigenvalue weighted by atomic mass is 32.1. The summed E-state index contributed by atoms with van der Waals surface area (Å²) in [7, 11) is 1.78. The number of piperidine rings is 2. The third kappa shape index (κ3) is 11.3. The van der Waals surface area contributed by atoms with E-state index >= 15 is 4.39 Å². The molecule has 0 radical (unpaired) electrons. The zero-order valence-corrected chi connectivity index (χ0v) is 43.6. The van der Waals surface area contributed by atoms with Gasteiger partial charge in [0, 0.05) is 61.8 Å². The normalized spacial score (nSPS) is 16.9. The van der Waals surface area contributed by atoms with Crippen molar-refractivity contribution < 1.29 is 37.8 Å². The highest BCUT2D eigenvalue weighted by Crippen LogP contribution is 2.37. The second-order valence-corrected chi connectivity index (χ2v) is 21.8. The molecule has 0 aliphatic carbocycles. The number of benzene rings is 4. The summed E-state index contributed by atoms with van der Waals surface area (Å²) in [5.74, 6) is -0.990. The summed E-state index contributed by atoms with van der Waals surface area (Å²) in [6.07, 6.45) is 2.69. The van der Waals surface area contributed by atoms with Gasteiger partial charge in [-0.3, -0.25) is 39.4 Å². The molecule has 75 heavy (non-hydrogen) atoms. The summed E-state index contributed by atoms with van der Waals surface area (Å²) >= 11 is 1.43. The summed E-state index contributed by atoms with van der Waals surface area (Å²) < 4.78 is 31.1. The van der Waals surface area contributed by atoms with E-state index in [9.17, 15) is 24.0 Å². The van der Waals surface area contributed by atoms with Gasteiger partial charge in [0.15, 0.2) is 10.8 Å². The number of ether oxygens (including phenoxy) is 2. The molecule has 388 valence electrons. The van der Waals surface area contributed by atoms with Crippen LogP contribution in [0.4, 0.5) is 21.0 Å². The number of para-hydroxylation sites is 1. The molecule has 0 saturated carbocycles. The number of amides is 4. The number of nitrogens with one attached hydrogen (secondary N) is 3. The number of aromatic nitrogens is 4. The van der Waals surface area contributed by atoms with Crippen LogP contribution in [0.5, 0.6) is 5.75 Å². The van der Waals surface area contributed by atoms with E-state index < -0.39 is 23.2 Å². The molecule has 3 aliphatic rings. The first-order chi connectivity index (χ1) is 36.0. The Hall–Kier alpha value is -7.57. The van der Waals surface area contributed by atoms with E-state index in [1.807, 2.05) is 118 Å². The van der Waals surface area contributed by atoms with Gasteiger partial charge in [0.2, 0.25) is 17.7 Å². The highest BCUT2D eigenvalue weighted by Gasteiger charge is 2.36. The number of hydrogen-bond acceptors (Lipinski definition) is 13. The SMILES string of the molecule is Cc1c(OCCCC2(F)CCN(CC(=O)Nc3ccc4c(C5CCC(=O)NC5=O)nn(C)c4c3)CC2)cccc1-c1ccc(N2CCc3cccc(C(=O)Nc4nc5ccccc5s4)c3C2)nc1C(=O)OC(C)(C)C. The van der Waals surface area contributed by atoms with Crippen LogP contribution in [0.3, 0.4) is 0 Å². The van der Waals surface area contributed by atoms with E-state index in [0.29, 0.717) is 104 Å². The average Bonchev–Trinajstić information content (AvgIpc) is 3.95. The predicted molar refractivity (Wildman–Crippen MR) is 287 cm³/mol. The lowest BCUT2D eigenvalue weighted by Crippen LogP contribution is -2.44. The smallest absolute Gasteiger partial charge is 0.358 e. The maximum absolute atomic E-state index is 16.2. The Morgan fingerprint density at radius 2 is 1.71 bits per heavy atom. The van der Waals surface area contributed by atoms with Crippen molar-refractivity contribution in [2.24, 2.45) is 7.05 Å². The van der Waals surface area contributed by atoms with Crippen LogP contribution >= 0.6 is 11.3 Å². The maximum atomic E-state index is 16.2. The van der Waals surface area contributed by atoms with E-state index in [-0.39, 0.29) is 48.9 Å². The molecule has 18 heteroatoms. The first-order valence-electron chi connectivity index (χ1n) is 25.5. The largest absolute Gasteiger partial charge is 0.493 e. The van der Waals surface area contributed by atoms with Gasteiger partial charge < -0.3 is 19.7 Å². The van der Waals surface area contributed by atoms with E-state index in [1.54, 1.807) is 17.8 Å². The van der Waals surface area contributed by atoms with Crippen LogP contribution < -0.4 is 25.6 Å². The molecule has 3 aliphatic heterocycles. The van der Waals surface area contributed by atoms with Gasteiger partial charge in [-0.15, -0.1) is 0 Å². The number of thiazole rings is 1. The zero-order chi connectivity index (χ0) is 52.6. The Labute approximate surface area is 438 Å². The minimum atomic E-state index is -1.39. The minimum absolute atomic E-state index is 0.119. The summed E-state index contributed by atoms with van der Waals surface area (Å²) in [4.78, 5) is 78.9. The van der Waals surface area contributed by atoms with Crippen LogP contribution in [0.1, 0.15) is 108 Å². The highest BCUT2D eigenvalue weighted by molar-refractivity contribution is 7.22. The molecule has 3 N–H and O–H groups in total. The number of fused-ring (bicyclic) bond motifs is 3. The quantitative estimate of drug-likeness (QED) is 0.0532. The number of rotatable bonds is 14. The molecule has 3 aromatic heterocycles. The second-order valence-electron chi connectivity index (χ2n) is 20.7. The summed E-state index contributed by atoms with van der Waals surface area (Å²) in [6.45, 7) is 9.68. The van der Waals surface area contributed by atoms with Crippen LogP contribution in [0.25, 0.3) is 32.2 Å². The number of carbonyl (C=O) groups is 5. The van der Waals surface area contributed by atoms with Crippen molar-refractivity contribution in [3.63, 3.8) is 0 Å². The lowest BCUT2D eigenvalue weighted by molar-refractivity contribution is -0.134. The Kier molecular flexibility index (Phi) is 14.2. The number of likely N-dealkylation sites (tertiary alicyclic amines) is 1. The van der Waals surface area contributed by atoms with Gasteiger partial charge in [-0.25, -0.2) is 19.2 Å². The average molecular weight is 1030 g/mol. The second kappa shape index (κ2) is 21.0. The molecule has 2 fully saturated rings. The molecule has 16 nitrogen and oxygen atoms in total. The molecule has 2 saturated heterocycles. The number of aryl methyl sites for hydroxylation is 1. The number of imide groups is 1. The van der Waals surface area contributed by atoms with Crippen molar-refractivity contribution in [3.05, 3.63) is 125 Å². The van der Waals surface area contributed by atoms with Crippen molar-refractivity contribution in [1.29, 1.82) is 0 Å². The molecule has 1 atom stereocenters. The molecular formula is C57H60FN9O7S. The maximum Gasteiger partial charge on any atom is 0.358 e. The van der Waals surface area contributed by atoms with Gasteiger partial charge >= 0.3 is 5.97 Å². The van der Waals surface area contributed by atoms with E-state index in [2.05, 4.69) is 30.9 Å². The number of nitrogens with zero attached hydrogens (tertiary/aromatic N) is 6. The third-order valence-corrected chi connectivity index (χ3v) is 15.2. The number of hydrogen-bond donors (Lipinski definition) is 3. The van der Waals surface area contributed by atoms with Gasteiger partial charge in [0.1, 0.15) is 22.8 Å². The molecule has 4 amide bonds. The number of halogens is 1. The Bertz CT molecular complexity index is 3340. The molecule has 6 heterocycles. The fourth-order valence-corrected chi connectivity index (χ4v) is 11.2. The van der Waals surface area contributed by atoms with Crippen molar-refractivity contribution in [2.45, 2.75) is 96.4 Å². The van der Waals surface area contributed by atoms with Gasteiger partial charge in [0.25, 0.3) is 5.91 Å². The van der Waals surface area contributed by atoms with Crippen LogP contribution in [-0.4, -0.2) is 98.3 Å². The lowest BCUT2D eigenvalue weighted by Gasteiger charge is -2.36. The molecule has 1 unspecified atom stereocenters. The minimum Gasteiger partial charge on any atom is -0.493 e. The molecule has 7 aromatic rings. The standard InChI is InChI=1S/C57H60FN9O7S/c1-34-37(38-19-21-47(61-51(38)54(72)74-56(2,3)4)67-27-23-35-11-8-13-39(42(35)32-67)52(70)63-55-60-43-14-6-7-16-46(43)75-55)12-9-15-45(34)73-30-10-24-57(58)25-28-66(29-26-57)33-49(69)59-36-17-18-40-44(31-36)65(5)64-50(40)41-20-22-48(68)62-53(41)71/h6-9,11-19,21,31,41H,10,20,22-30,32-33H2,1-5H3,(H,59,69)(H,60,63,70)(H,62,68,71). The van der Waals surface area contributed by atoms with Crippen molar-refractivity contribution >= 4 is 78.7 Å². The molecule has 0 spiro atoms. The molecule has 0 bridgehead atoms. The summed E-state index contributed by atoms with van der Waals surface area (Å²) in [5.41, 5.74) is 5.40. The van der Waals surface area contributed by atoms with E-state index in [0.717, 1.165) is 43.4 Å². The Morgan fingerprint density at radius 1 is 0.907 bits per heavy atom. The summed E-state index contributed by atoms with van der Waals surface area (Å²) in [5, 5.41) is 14.3. The topological polar surface area (TPSA) is 190 Å². The molecular weight excluding hydrogens is 974 g/mol. The van der Waals surface area contributed by atoms with Crippen LogP contribution in [0.2, 0.25) is 0 Å². The Balaban J connectivity index is 0.751. The number of esters is 1. The molecule has 10 rings (SSSR count). The lowest BCUT2D eigenvalue weighted by atomic mass is 9.89. The first-order valence-corrected chi connectivity index (χ1v) is 26.3. The van der Waals surface area contributed by atoms with Gasteiger partial charge in [-0.1, -0.05) is 47.7 Å². The van der Waals surface area contributed by atoms with Crippen molar-refractivity contribution in [2.75, 3.05) is 48.3 Å². The number of carbonyl (C=O) groups excluding carboxylic acids is 5. The van der Waals surface area contributed by atoms with Crippen molar-refractivity contribution in [1.82, 2.24) is 30.0 Å². The number of pyridine rings is 1. The van der Waals surface area contributed by atoms with Crippen molar-refractivity contribution in [3.8, 4) is 16.9 Å². The third-order valence-electron chi connectivity index (χ3n) is 14.3. The zero-order valence-electron chi connectivity index (χ0n) is 42.8. The van der Waals surface area contributed by atoms with Gasteiger partial charge in [-0.2, -0.15) is 5.10 Å². The Morgan fingerprint density at radius 3 is 2.49 bits per heavy atom. The fourth-order valence-electron chi connectivity index (χ4n) is 10.4. The van der Waals surface area contributed by atoms with Crippen LogP contribution in [-0.2, 0) is 39.1 Å². The summed E-state index contributed by atoms with van der Waals surface area (Å²) in [6, 6.07) is 28.4. The molecule has 4 aromatic carbocycles. The predicted octanol–water partition coefficient (Wildman–Crippen LogP) is 9.45. The van der Waals surface area contributed by atoms with Crippen LogP contribution in [0, 0.1) is 6.92 Å². The fraction of sp³-hybridized carbons (Fsp3) is 0.368. The van der Waals surface area contributed by atoms with Crippen LogP contribution in [0.15, 0.2) is 91.0 Å². The van der Waals surface area contributed by atoms with Gasteiger partial charge in [0.05, 0.1) is 40.5 Å². The van der Waals surface area contributed by atoms with Gasteiger partial charge in [-0.05, 0) is 143 Å². The van der Waals surface area contributed by atoms with E-state index in [1.165, 1.54) is 11.3 Å².